The number of nitrogens with two attached hydrogens (primary N) is 1. The Hall–Kier alpha value is -2.18. The molecule has 0 radical (unpaired) electrons. The highest BCUT2D eigenvalue weighted by molar-refractivity contribution is 7.10. The van der Waals surface area contributed by atoms with E-state index in [0.717, 1.165) is 4.88 Å². The van der Waals surface area contributed by atoms with E-state index in [1.54, 1.807) is 30.3 Å². The number of rotatable bonds is 6. The van der Waals surface area contributed by atoms with Crippen molar-refractivity contribution in [3.05, 3.63) is 58.3 Å². The Morgan fingerprint density at radius 3 is 2.48 bits per heavy atom. The van der Waals surface area contributed by atoms with Crippen LogP contribution in [-0.2, 0) is 9.59 Å². The minimum absolute atomic E-state index is 0.0112. The molecule has 6 heteroatoms. The topological polar surface area (TPSA) is 92.4 Å². The van der Waals surface area contributed by atoms with Crippen LogP contribution in [0, 0.1) is 0 Å². The predicted octanol–water partition coefficient (Wildman–Crippen LogP) is 1.73. The minimum atomic E-state index is -0.980. The normalized spacial score (nSPS) is 13.4. The monoisotopic (exact) mass is 304 g/mol. The first kappa shape index (κ1) is 15.2. The third-order valence-electron chi connectivity index (χ3n) is 3.11. The number of thiophene rings is 1. The maximum absolute atomic E-state index is 12.0. The molecule has 4 N–H and O–H groups in total. The summed E-state index contributed by atoms with van der Waals surface area (Å²) in [7, 11) is 0. The third kappa shape index (κ3) is 3.90. The molecule has 0 saturated carbocycles. The van der Waals surface area contributed by atoms with Crippen molar-refractivity contribution in [2.75, 3.05) is 6.54 Å². The van der Waals surface area contributed by atoms with Crippen LogP contribution in [0.1, 0.15) is 22.4 Å². The lowest BCUT2D eigenvalue weighted by molar-refractivity contribution is -0.138. The second-order valence-electron chi connectivity index (χ2n) is 4.54. The van der Waals surface area contributed by atoms with E-state index in [1.807, 2.05) is 17.5 Å². The average Bonchev–Trinajstić information content (AvgIpc) is 3.01. The minimum Gasteiger partial charge on any atom is -0.481 e. The number of carboxylic acids is 1. The molecule has 110 valence electrons. The van der Waals surface area contributed by atoms with Crippen LogP contribution in [0.5, 0.6) is 0 Å². The number of benzene rings is 1. The summed E-state index contributed by atoms with van der Waals surface area (Å²) in [4.78, 5) is 24.1. The van der Waals surface area contributed by atoms with Gasteiger partial charge in [-0.15, -0.1) is 11.3 Å². The number of aliphatic carboxylic acids is 1. The van der Waals surface area contributed by atoms with Crippen molar-refractivity contribution >= 4 is 23.2 Å². The second kappa shape index (κ2) is 7.01. The molecular weight excluding hydrogens is 288 g/mol. The zero-order chi connectivity index (χ0) is 15.2. The molecular formula is C15H16N2O3S. The lowest BCUT2D eigenvalue weighted by Crippen LogP contribution is -2.37. The summed E-state index contributed by atoms with van der Waals surface area (Å²) in [6.07, 6.45) is 0. The molecule has 2 rings (SSSR count). The SMILES string of the molecule is NC(C(=O)NCC(C(=O)O)c1ccccc1)c1cccs1. The molecule has 1 aromatic heterocycles. The highest BCUT2D eigenvalue weighted by atomic mass is 32.1. The number of hydrogen-bond donors (Lipinski definition) is 3. The van der Waals surface area contributed by atoms with Gasteiger partial charge in [-0.2, -0.15) is 0 Å². The van der Waals surface area contributed by atoms with Crippen LogP contribution in [0.3, 0.4) is 0 Å². The highest BCUT2D eigenvalue weighted by Crippen LogP contribution is 2.18. The van der Waals surface area contributed by atoms with Crippen LogP contribution in [0.2, 0.25) is 0 Å². The Labute approximate surface area is 126 Å². The van der Waals surface area contributed by atoms with Gasteiger partial charge in [0.15, 0.2) is 0 Å². The van der Waals surface area contributed by atoms with E-state index < -0.39 is 17.9 Å². The summed E-state index contributed by atoms with van der Waals surface area (Å²) in [6, 6.07) is 11.6. The van der Waals surface area contributed by atoms with Gasteiger partial charge in [0, 0.05) is 11.4 Å². The van der Waals surface area contributed by atoms with Gasteiger partial charge >= 0.3 is 5.97 Å². The maximum Gasteiger partial charge on any atom is 0.312 e. The Morgan fingerprint density at radius 1 is 1.19 bits per heavy atom. The molecule has 0 spiro atoms. The fourth-order valence-corrected chi connectivity index (χ4v) is 2.67. The van der Waals surface area contributed by atoms with E-state index in [2.05, 4.69) is 5.32 Å². The Kier molecular flexibility index (Phi) is 5.08. The zero-order valence-corrected chi connectivity index (χ0v) is 12.0. The zero-order valence-electron chi connectivity index (χ0n) is 11.2. The van der Waals surface area contributed by atoms with Crippen LogP contribution < -0.4 is 11.1 Å². The molecule has 0 fully saturated rings. The van der Waals surface area contributed by atoms with Gasteiger partial charge in [-0.1, -0.05) is 36.4 Å². The summed E-state index contributed by atoms with van der Waals surface area (Å²) in [6.45, 7) is 0.0112. The number of carbonyl (C=O) groups excluding carboxylic acids is 1. The number of carboxylic acid groups (broad SMARTS) is 1. The van der Waals surface area contributed by atoms with Gasteiger partial charge in [0.1, 0.15) is 6.04 Å². The molecule has 1 heterocycles. The quantitative estimate of drug-likeness (QED) is 0.758. The Morgan fingerprint density at radius 2 is 1.90 bits per heavy atom. The second-order valence-corrected chi connectivity index (χ2v) is 5.52. The van der Waals surface area contributed by atoms with Crippen LogP contribution in [0.25, 0.3) is 0 Å². The van der Waals surface area contributed by atoms with Gasteiger partial charge in [0.05, 0.1) is 5.92 Å². The Balaban J connectivity index is 1.99. The predicted molar refractivity (Wildman–Crippen MR) is 81.1 cm³/mol. The van der Waals surface area contributed by atoms with Crippen LogP contribution in [0.15, 0.2) is 47.8 Å². The molecule has 5 nitrogen and oxygen atoms in total. The summed E-state index contributed by atoms with van der Waals surface area (Å²) in [5, 5.41) is 13.7. The number of carbonyl (C=O) groups is 2. The first-order valence-corrected chi connectivity index (χ1v) is 7.32. The van der Waals surface area contributed by atoms with E-state index in [1.165, 1.54) is 11.3 Å². The fraction of sp³-hybridized carbons (Fsp3) is 0.200. The Bertz CT molecular complexity index is 599. The van der Waals surface area contributed by atoms with Gasteiger partial charge in [-0.05, 0) is 17.0 Å². The number of amides is 1. The molecule has 2 aromatic rings. The van der Waals surface area contributed by atoms with E-state index in [9.17, 15) is 14.7 Å². The smallest absolute Gasteiger partial charge is 0.312 e. The molecule has 0 bridgehead atoms. The van der Waals surface area contributed by atoms with E-state index in [0.29, 0.717) is 5.56 Å². The van der Waals surface area contributed by atoms with Crippen LogP contribution in [0.4, 0.5) is 0 Å². The van der Waals surface area contributed by atoms with E-state index in [-0.39, 0.29) is 12.5 Å². The van der Waals surface area contributed by atoms with Crippen LogP contribution in [-0.4, -0.2) is 23.5 Å². The summed E-state index contributed by atoms with van der Waals surface area (Å²) < 4.78 is 0. The third-order valence-corrected chi connectivity index (χ3v) is 4.07. The number of nitrogens with one attached hydrogen (secondary N) is 1. The number of hydrogen-bond acceptors (Lipinski definition) is 4. The molecule has 21 heavy (non-hydrogen) atoms. The first-order chi connectivity index (χ1) is 10.1. The lowest BCUT2D eigenvalue weighted by Gasteiger charge is -2.16. The van der Waals surface area contributed by atoms with Gasteiger partial charge in [0.25, 0.3) is 0 Å². The molecule has 2 unspecified atom stereocenters. The van der Waals surface area contributed by atoms with Crippen molar-refractivity contribution < 1.29 is 14.7 Å². The van der Waals surface area contributed by atoms with Crippen LogP contribution >= 0.6 is 11.3 Å². The molecule has 0 aliphatic carbocycles. The standard InChI is InChI=1S/C15H16N2O3S/c16-13(12-7-4-8-21-12)14(18)17-9-11(15(19)20)10-5-2-1-3-6-10/h1-8,11,13H,9,16H2,(H,17,18)(H,19,20). The molecule has 0 aliphatic heterocycles. The summed E-state index contributed by atoms with van der Waals surface area (Å²) >= 11 is 1.39. The van der Waals surface area contributed by atoms with Crippen molar-refractivity contribution in [1.82, 2.24) is 5.32 Å². The molecule has 0 aliphatic rings. The summed E-state index contributed by atoms with van der Waals surface area (Å²) in [5.41, 5.74) is 6.48. The molecule has 2 atom stereocenters. The van der Waals surface area contributed by atoms with Gasteiger partial charge in [-0.3, -0.25) is 9.59 Å². The average molecular weight is 304 g/mol. The van der Waals surface area contributed by atoms with E-state index >= 15 is 0 Å². The fourth-order valence-electron chi connectivity index (χ4n) is 1.94. The van der Waals surface area contributed by atoms with Crippen molar-refractivity contribution in [3.63, 3.8) is 0 Å². The first-order valence-electron chi connectivity index (χ1n) is 6.44. The van der Waals surface area contributed by atoms with E-state index in [4.69, 9.17) is 5.73 Å². The van der Waals surface area contributed by atoms with Gasteiger partial charge in [0.2, 0.25) is 5.91 Å². The molecule has 0 saturated heterocycles. The van der Waals surface area contributed by atoms with Gasteiger partial charge < -0.3 is 16.2 Å². The van der Waals surface area contributed by atoms with Crippen molar-refractivity contribution in [1.29, 1.82) is 0 Å². The molecule has 1 amide bonds. The largest absolute Gasteiger partial charge is 0.481 e. The summed E-state index contributed by atoms with van der Waals surface area (Å²) in [5.74, 6) is -2.14. The lowest BCUT2D eigenvalue weighted by atomic mass is 9.99. The molecule has 1 aromatic carbocycles. The van der Waals surface area contributed by atoms with Crippen molar-refractivity contribution in [2.24, 2.45) is 5.73 Å². The van der Waals surface area contributed by atoms with Crippen molar-refractivity contribution in [2.45, 2.75) is 12.0 Å². The van der Waals surface area contributed by atoms with Crippen molar-refractivity contribution in [3.8, 4) is 0 Å². The van der Waals surface area contributed by atoms with Gasteiger partial charge in [-0.25, -0.2) is 0 Å². The highest BCUT2D eigenvalue weighted by Gasteiger charge is 2.23. The maximum atomic E-state index is 12.0.